The monoisotopic (exact) mass is 341 g/mol. The minimum Gasteiger partial charge on any atom is -0.299 e. The van der Waals surface area contributed by atoms with Crippen molar-refractivity contribution in [2.45, 2.75) is 19.0 Å². The first kappa shape index (κ1) is 17.2. The van der Waals surface area contributed by atoms with E-state index in [9.17, 15) is 22.8 Å². The van der Waals surface area contributed by atoms with Crippen LogP contribution in [0.2, 0.25) is 0 Å². The van der Waals surface area contributed by atoms with Gasteiger partial charge in [-0.2, -0.15) is 13.2 Å². The Morgan fingerprint density at radius 2 is 1.74 bits per heavy atom. The van der Waals surface area contributed by atoms with E-state index in [4.69, 9.17) is 0 Å². The van der Waals surface area contributed by atoms with Crippen molar-refractivity contribution >= 4 is 28.0 Å². The number of hydrogen-bond donors (Lipinski definition) is 0. The van der Waals surface area contributed by atoms with Gasteiger partial charge in [-0.15, -0.1) is 11.3 Å². The molecule has 0 saturated carbocycles. The summed E-state index contributed by atoms with van der Waals surface area (Å²) in [6.07, 6.45) is -4.11. The molecule has 0 saturated heterocycles. The summed E-state index contributed by atoms with van der Waals surface area (Å²) < 4.78 is 37.2. The number of halogens is 3. The maximum absolute atomic E-state index is 12.4. The third-order valence-electron chi connectivity index (χ3n) is 3.23. The van der Waals surface area contributed by atoms with Gasteiger partial charge in [-0.05, 0) is 24.1 Å². The van der Waals surface area contributed by atoms with Gasteiger partial charge in [0.05, 0.1) is 9.88 Å². The van der Waals surface area contributed by atoms with Crippen LogP contribution < -0.4 is 4.90 Å². The number of aryl methyl sites for hydroxylation is 1. The smallest absolute Gasteiger partial charge is 0.299 e. The number of anilines is 1. The Morgan fingerprint density at radius 1 is 1.09 bits per heavy atom. The minimum atomic E-state index is -4.93. The van der Waals surface area contributed by atoms with Gasteiger partial charge in [0.25, 0.3) is 0 Å². The van der Waals surface area contributed by atoms with Crippen molar-refractivity contribution in [2.75, 3.05) is 11.9 Å². The highest BCUT2D eigenvalue weighted by molar-refractivity contribution is 7.18. The zero-order valence-electron chi connectivity index (χ0n) is 12.3. The van der Waals surface area contributed by atoms with Crippen LogP contribution in [-0.4, -0.2) is 24.9 Å². The van der Waals surface area contributed by atoms with Gasteiger partial charge in [-0.3, -0.25) is 14.5 Å². The molecule has 0 aliphatic carbocycles. The van der Waals surface area contributed by atoms with Gasteiger partial charge < -0.3 is 0 Å². The van der Waals surface area contributed by atoms with Crippen LogP contribution in [0.15, 0.2) is 42.5 Å². The molecule has 0 fully saturated rings. The second kappa shape index (κ2) is 6.95. The molecule has 1 aromatic carbocycles. The molecule has 122 valence electrons. The fourth-order valence-electron chi connectivity index (χ4n) is 1.97. The summed E-state index contributed by atoms with van der Waals surface area (Å²) >= 11 is 0.884. The molecule has 2 rings (SSSR count). The average molecular weight is 341 g/mol. The number of amides is 1. The lowest BCUT2D eigenvalue weighted by atomic mass is 10.1. The van der Waals surface area contributed by atoms with Crippen LogP contribution in [0.5, 0.6) is 0 Å². The molecule has 0 bridgehead atoms. The number of benzene rings is 1. The number of ketones is 1. The summed E-state index contributed by atoms with van der Waals surface area (Å²) in [4.78, 5) is 24.1. The van der Waals surface area contributed by atoms with Gasteiger partial charge in [-0.25, -0.2) is 0 Å². The molecule has 0 atom stereocenters. The van der Waals surface area contributed by atoms with Crippen molar-refractivity contribution in [2.24, 2.45) is 0 Å². The number of carbonyl (C=O) groups excluding carboxylic acids is 2. The summed E-state index contributed by atoms with van der Waals surface area (Å²) in [5.41, 5.74) is 1.02. The quantitative estimate of drug-likeness (QED) is 0.768. The summed E-state index contributed by atoms with van der Waals surface area (Å²) in [5.74, 6) is -2.11. The van der Waals surface area contributed by atoms with E-state index >= 15 is 0 Å². The Balaban J connectivity index is 2.01. The molecular formula is C16H14F3NO2S. The van der Waals surface area contributed by atoms with Crippen molar-refractivity contribution < 1.29 is 22.8 Å². The maximum Gasteiger partial charge on any atom is 0.471 e. The van der Waals surface area contributed by atoms with Crippen LogP contribution >= 0.6 is 11.3 Å². The summed E-state index contributed by atoms with van der Waals surface area (Å²) in [6, 6.07) is 12.2. The van der Waals surface area contributed by atoms with Crippen LogP contribution in [0.25, 0.3) is 0 Å². The van der Waals surface area contributed by atoms with E-state index in [-0.39, 0.29) is 17.2 Å². The molecule has 0 N–H and O–H groups in total. The number of thiophene rings is 1. The lowest BCUT2D eigenvalue weighted by Crippen LogP contribution is -2.38. The molecule has 1 heterocycles. The first-order valence-electron chi connectivity index (χ1n) is 6.81. The standard InChI is InChI=1S/C16H14F3NO2S/c1-20(15(22)16(17,18)19)14-10-9-13(23-14)12(21)8-7-11-5-3-2-4-6-11/h2-6,9-10H,7-8H2,1H3. The number of carbonyl (C=O) groups is 2. The van der Waals surface area contributed by atoms with Crippen LogP contribution in [0.4, 0.5) is 18.2 Å². The zero-order chi connectivity index (χ0) is 17.0. The molecule has 2 aromatic rings. The van der Waals surface area contributed by atoms with Crippen LogP contribution in [0, 0.1) is 0 Å². The third-order valence-corrected chi connectivity index (χ3v) is 4.43. The molecule has 0 radical (unpaired) electrons. The number of rotatable bonds is 5. The molecule has 0 spiro atoms. The van der Waals surface area contributed by atoms with Crippen molar-refractivity contribution in [1.29, 1.82) is 0 Å². The van der Waals surface area contributed by atoms with E-state index in [0.717, 1.165) is 23.9 Å². The van der Waals surface area contributed by atoms with E-state index in [2.05, 4.69) is 0 Å². The van der Waals surface area contributed by atoms with Crippen LogP contribution in [0.3, 0.4) is 0 Å². The highest BCUT2D eigenvalue weighted by atomic mass is 32.1. The van der Waals surface area contributed by atoms with Crippen molar-refractivity contribution in [3.63, 3.8) is 0 Å². The summed E-state index contributed by atoms with van der Waals surface area (Å²) in [7, 11) is 1.04. The molecular weight excluding hydrogens is 327 g/mol. The highest BCUT2D eigenvalue weighted by Crippen LogP contribution is 2.29. The molecule has 0 aliphatic rings. The molecule has 23 heavy (non-hydrogen) atoms. The van der Waals surface area contributed by atoms with Gasteiger partial charge in [0.15, 0.2) is 5.78 Å². The normalized spacial score (nSPS) is 11.3. The van der Waals surface area contributed by atoms with Crippen molar-refractivity contribution in [1.82, 2.24) is 0 Å². The number of alkyl halides is 3. The van der Waals surface area contributed by atoms with E-state index in [1.165, 1.54) is 12.1 Å². The Kier molecular flexibility index (Phi) is 5.20. The topological polar surface area (TPSA) is 37.4 Å². The fourth-order valence-corrected chi connectivity index (χ4v) is 2.91. The Morgan fingerprint density at radius 3 is 2.35 bits per heavy atom. The van der Waals surface area contributed by atoms with Gasteiger partial charge in [0.1, 0.15) is 0 Å². The molecule has 0 unspecified atom stereocenters. The maximum atomic E-state index is 12.4. The first-order valence-corrected chi connectivity index (χ1v) is 7.62. The van der Waals surface area contributed by atoms with Crippen molar-refractivity contribution in [3.8, 4) is 0 Å². The van der Waals surface area contributed by atoms with Crippen LogP contribution in [0.1, 0.15) is 21.7 Å². The predicted molar refractivity (Wildman–Crippen MR) is 82.9 cm³/mol. The number of Topliss-reactive ketones (excluding diaryl/α,β-unsaturated/α-hetero) is 1. The molecule has 0 aliphatic heterocycles. The lowest BCUT2D eigenvalue weighted by molar-refractivity contribution is -0.170. The number of hydrogen-bond acceptors (Lipinski definition) is 3. The summed E-state index contributed by atoms with van der Waals surface area (Å²) in [5, 5.41) is 0.0930. The lowest BCUT2D eigenvalue weighted by Gasteiger charge is -2.16. The minimum absolute atomic E-state index is 0.0930. The van der Waals surface area contributed by atoms with Gasteiger partial charge >= 0.3 is 12.1 Å². The predicted octanol–water partition coefficient (Wildman–Crippen LogP) is 4.09. The second-order valence-corrected chi connectivity index (χ2v) is 5.97. The van der Waals surface area contributed by atoms with E-state index in [0.29, 0.717) is 16.2 Å². The Hall–Kier alpha value is -2.15. The van der Waals surface area contributed by atoms with Gasteiger partial charge in [0, 0.05) is 13.5 Å². The largest absolute Gasteiger partial charge is 0.471 e. The molecule has 3 nitrogen and oxygen atoms in total. The SMILES string of the molecule is CN(C(=O)C(F)(F)F)c1ccc(C(=O)CCc2ccccc2)s1. The van der Waals surface area contributed by atoms with Crippen LogP contribution in [-0.2, 0) is 11.2 Å². The fraction of sp³-hybridized carbons (Fsp3) is 0.250. The second-order valence-electron chi connectivity index (χ2n) is 4.91. The molecule has 7 heteroatoms. The molecule has 1 amide bonds. The molecule has 1 aromatic heterocycles. The van der Waals surface area contributed by atoms with E-state index < -0.39 is 12.1 Å². The van der Waals surface area contributed by atoms with Gasteiger partial charge in [-0.1, -0.05) is 30.3 Å². The van der Waals surface area contributed by atoms with Gasteiger partial charge in [0.2, 0.25) is 0 Å². The highest BCUT2D eigenvalue weighted by Gasteiger charge is 2.42. The Bertz CT molecular complexity index is 695. The van der Waals surface area contributed by atoms with Crippen molar-refractivity contribution in [3.05, 3.63) is 52.9 Å². The Labute approximate surface area is 135 Å². The zero-order valence-corrected chi connectivity index (χ0v) is 13.1. The number of nitrogens with zero attached hydrogens (tertiary/aromatic N) is 1. The average Bonchev–Trinajstić information content (AvgIpc) is 3.01. The first-order chi connectivity index (χ1) is 10.8. The van der Waals surface area contributed by atoms with E-state index in [1.54, 1.807) is 0 Å². The van der Waals surface area contributed by atoms with E-state index in [1.807, 2.05) is 30.3 Å². The summed E-state index contributed by atoms with van der Waals surface area (Å²) in [6.45, 7) is 0. The third kappa shape index (κ3) is 4.41.